The quantitative estimate of drug-likeness (QED) is 0.551. The third-order valence-electron chi connectivity index (χ3n) is 5.04. The van der Waals surface area contributed by atoms with Gasteiger partial charge in [0.25, 0.3) is 5.91 Å². The SMILES string of the molecule is CCc1c(C(=O)Nc2ccc3oc(C4CC4)nc3c2)cnn1-c1ccccc1. The van der Waals surface area contributed by atoms with E-state index in [1.54, 1.807) is 6.20 Å². The lowest BCUT2D eigenvalue weighted by Crippen LogP contribution is -2.14. The fraction of sp³-hybridized carbons (Fsp3) is 0.227. The summed E-state index contributed by atoms with van der Waals surface area (Å²) in [5.41, 5.74) is 4.62. The number of nitrogens with zero attached hydrogens (tertiary/aromatic N) is 3. The fourth-order valence-electron chi connectivity index (χ4n) is 3.42. The molecule has 2 aromatic carbocycles. The van der Waals surface area contributed by atoms with Gasteiger partial charge in [0.2, 0.25) is 0 Å². The minimum Gasteiger partial charge on any atom is -0.440 e. The average Bonchev–Trinajstić information content (AvgIpc) is 3.34. The minimum absolute atomic E-state index is 0.177. The van der Waals surface area contributed by atoms with E-state index >= 15 is 0 Å². The number of benzene rings is 2. The average molecular weight is 372 g/mol. The molecule has 2 aromatic heterocycles. The Bertz CT molecular complexity index is 1160. The lowest BCUT2D eigenvalue weighted by atomic mass is 10.1. The maximum atomic E-state index is 12.9. The summed E-state index contributed by atoms with van der Waals surface area (Å²) in [5.74, 6) is 1.08. The van der Waals surface area contributed by atoms with Gasteiger partial charge in [0.05, 0.1) is 23.1 Å². The summed E-state index contributed by atoms with van der Waals surface area (Å²) < 4.78 is 7.61. The summed E-state index contributed by atoms with van der Waals surface area (Å²) in [6.07, 6.45) is 4.61. The van der Waals surface area contributed by atoms with Crippen LogP contribution in [0.15, 0.2) is 59.1 Å². The summed E-state index contributed by atoms with van der Waals surface area (Å²) in [4.78, 5) is 17.4. The first-order chi connectivity index (χ1) is 13.7. The second-order valence-corrected chi connectivity index (χ2v) is 7.07. The molecule has 6 nitrogen and oxygen atoms in total. The van der Waals surface area contributed by atoms with Crippen LogP contribution in [0.5, 0.6) is 0 Å². The van der Waals surface area contributed by atoms with Crippen LogP contribution < -0.4 is 5.32 Å². The number of fused-ring (bicyclic) bond motifs is 1. The van der Waals surface area contributed by atoms with Crippen molar-refractivity contribution in [2.45, 2.75) is 32.1 Å². The van der Waals surface area contributed by atoms with E-state index in [0.717, 1.165) is 41.2 Å². The van der Waals surface area contributed by atoms with Crippen molar-refractivity contribution >= 4 is 22.7 Å². The Balaban J connectivity index is 1.42. The molecule has 0 aliphatic heterocycles. The molecule has 0 unspecified atom stereocenters. The molecule has 6 heteroatoms. The lowest BCUT2D eigenvalue weighted by molar-refractivity contribution is 0.102. The van der Waals surface area contributed by atoms with E-state index in [0.29, 0.717) is 23.6 Å². The van der Waals surface area contributed by atoms with Crippen LogP contribution in [0.2, 0.25) is 0 Å². The summed E-state index contributed by atoms with van der Waals surface area (Å²) in [7, 11) is 0. The molecule has 5 rings (SSSR count). The van der Waals surface area contributed by atoms with Crippen molar-refractivity contribution in [2.75, 3.05) is 5.32 Å². The smallest absolute Gasteiger partial charge is 0.259 e. The number of hydrogen-bond acceptors (Lipinski definition) is 4. The Morgan fingerprint density at radius 1 is 1.21 bits per heavy atom. The fourth-order valence-corrected chi connectivity index (χ4v) is 3.42. The molecule has 1 aliphatic carbocycles. The number of carbonyl (C=O) groups excluding carboxylic acids is 1. The van der Waals surface area contributed by atoms with Crippen LogP contribution in [-0.4, -0.2) is 20.7 Å². The van der Waals surface area contributed by atoms with E-state index < -0.39 is 0 Å². The highest BCUT2D eigenvalue weighted by atomic mass is 16.3. The van der Waals surface area contributed by atoms with E-state index in [2.05, 4.69) is 15.4 Å². The highest BCUT2D eigenvalue weighted by Gasteiger charge is 2.29. The van der Waals surface area contributed by atoms with Gasteiger partial charge in [-0.2, -0.15) is 5.10 Å². The standard InChI is InChI=1S/C22H20N4O2/c1-2-19-17(13-23-26(19)16-6-4-3-5-7-16)21(27)24-15-10-11-20-18(12-15)25-22(28-20)14-8-9-14/h3-7,10-14H,2,8-9H2,1H3,(H,24,27). The van der Waals surface area contributed by atoms with Crippen molar-refractivity contribution in [3.8, 4) is 5.69 Å². The second-order valence-electron chi connectivity index (χ2n) is 7.07. The summed E-state index contributed by atoms with van der Waals surface area (Å²) >= 11 is 0. The predicted molar refractivity (Wildman–Crippen MR) is 107 cm³/mol. The van der Waals surface area contributed by atoms with Gasteiger partial charge in [0.1, 0.15) is 5.52 Å². The first-order valence-corrected chi connectivity index (χ1v) is 9.57. The molecule has 0 saturated heterocycles. The normalized spacial score (nSPS) is 13.8. The largest absolute Gasteiger partial charge is 0.440 e. The molecule has 0 radical (unpaired) electrons. The van der Waals surface area contributed by atoms with Crippen molar-refractivity contribution in [1.29, 1.82) is 0 Å². The minimum atomic E-state index is -0.177. The number of nitrogens with one attached hydrogen (secondary N) is 1. The van der Waals surface area contributed by atoms with Crippen molar-refractivity contribution < 1.29 is 9.21 Å². The van der Waals surface area contributed by atoms with Crippen LogP contribution in [0.25, 0.3) is 16.8 Å². The number of hydrogen-bond donors (Lipinski definition) is 1. The lowest BCUT2D eigenvalue weighted by Gasteiger charge is -2.08. The van der Waals surface area contributed by atoms with Gasteiger partial charge in [0.15, 0.2) is 11.5 Å². The number of carbonyl (C=O) groups is 1. The zero-order chi connectivity index (χ0) is 19.1. The number of anilines is 1. The molecule has 0 bridgehead atoms. The number of para-hydroxylation sites is 1. The highest BCUT2D eigenvalue weighted by Crippen LogP contribution is 2.40. The number of amides is 1. The van der Waals surface area contributed by atoms with Crippen LogP contribution in [0.4, 0.5) is 5.69 Å². The van der Waals surface area contributed by atoms with Gasteiger partial charge in [-0.1, -0.05) is 25.1 Å². The van der Waals surface area contributed by atoms with Gasteiger partial charge < -0.3 is 9.73 Å². The van der Waals surface area contributed by atoms with Gasteiger partial charge >= 0.3 is 0 Å². The van der Waals surface area contributed by atoms with E-state index in [9.17, 15) is 4.79 Å². The Hall–Kier alpha value is -3.41. The monoisotopic (exact) mass is 372 g/mol. The summed E-state index contributed by atoms with van der Waals surface area (Å²) in [6, 6.07) is 15.4. The van der Waals surface area contributed by atoms with Crippen LogP contribution >= 0.6 is 0 Å². The molecular weight excluding hydrogens is 352 g/mol. The number of aromatic nitrogens is 3. The van der Waals surface area contributed by atoms with E-state index in [1.165, 1.54) is 0 Å². The van der Waals surface area contributed by atoms with Crippen LogP contribution in [0, 0.1) is 0 Å². The Morgan fingerprint density at radius 3 is 2.79 bits per heavy atom. The topological polar surface area (TPSA) is 73.0 Å². The molecule has 140 valence electrons. The summed E-state index contributed by atoms with van der Waals surface area (Å²) in [6.45, 7) is 2.02. The third kappa shape index (κ3) is 2.97. The van der Waals surface area contributed by atoms with Crippen LogP contribution in [-0.2, 0) is 6.42 Å². The van der Waals surface area contributed by atoms with Crippen LogP contribution in [0.3, 0.4) is 0 Å². The zero-order valence-electron chi connectivity index (χ0n) is 15.6. The summed E-state index contributed by atoms with van der Waals surface area (Å²) in [5, 5.41) is 7.40. The molecule has 1 N–H and O–H groups in total. The van der Waals surface area contributed by atoms with Gasteiger partial charge in [0, 0.05) is 11.6 Å². The van der Waals surface area contributed by atoms with Crippen molar-refractivity contribution in [2.24, 2.45) is 0 Å². The molecule has 0 atom stereocenters. The first-order valence-electron chi connectivity index (χ1n) is 9.57. The van der Waals surface area contributed by atoms with E-state index in [-0.39, 0.29) is 5.91 Å². The zero-order valence-corrected chi connectivity index (χ0v) is 15.6. The molecule has 1 fully saturated rings. The molecule has 2 heterocycles. The maximum absolute atomic E-state index is 12.9. The maximum Gasteiger partial charge on any atom is 0.259 e. The third-order valence-corrected chi connectivity index (χ3v) is 5.04. The van der Waals surface area contributed by atoms with Gasteiger partial charge in [-0.25, -0.2) is 9.67 Å². The van der Waals surface area contributed by atoms with Gasteiger partial charge in [-0.05, 0) is 49.6 Å². The molecule has 1 aliphatic rings. The highest BCUT2D eigenvalue weighted by molar-refractivity contribution is 6.05. The predicted octanol–water partition coefficient (Wildman–Crippen LogP) is 4.71. The van der Waals surface area contributed by atoms with Crippen molar-refractivity contribution in [3.63, 3.8) is 0 Å². The Kier molecular flexibility index (Phi) is 3.97. The Morgan fingerprint density at radius 2 is 2.04 bits per heavy atom. The number of oxazole rings is 1. The molecule has 1 saturated carbocycles. The molecule has 1 amide bonds. The first kappa shape index (κ1) is 16.7. The number of rotatable bonds is 5. The molecule has 28 heavy (non-hydrogen) atoms. The van der Waals surface area contributed by atoms with Gasteiger partial charge in [-0.3, -0.25) is 4.79 Å². The van der Waals surface area contributed by atoms with Gasteiger partial charge in [-0.15, -0.1) is 0 Å². The molecule has 4 aromatic rings. The van der Waals surface area contributed by atoms with Crippen LogP contribution in [0.1, 0.15) is 47.6 Å². The van der Waals surface area contributed by atoms with Crippen molar-refractivity contribution in [3.05, 3.63) is 71.9 Å². The van der Waals surface area contributed by atoms with Crippen molar-refractivity contribution in [1.82, 2.24) is 14.8 Å². The van der Waals surface area contributed by atoms with E-state index in [1.807, 2.05) is 60.1 Å². The second kappa shape index (κ2) is 6.64. The Labute approximate surface area is 162 Å². The molecule has 0 spiro atoms. The molecular formula is C22H20N4O2. The van der Waals surface area contributed by atoms with E-state index in [4.69, 9.17) is 4.42 Å².